The smallest absolute Gasteiger partial charge is 0.293 e. The minimum absolute atomic E-state index is 0.262. The van der Waals surface area contributed by atoms with Gasteiger partial charge in [-0.1, -0.05) is 23.5 Å². The monoisotopic (exact) mass is 286 g/mol. The maximum Gasteiger partial charge on any atom is 0.293 e. The first-order valence-electron chi connectivity index (χ1n) is 6.28. The van der Waals surface area contributed by atoms with E-state index in [1.807, 2.05) is 26.8 Å². The summed E-state index contributed by atoms with van der Waals surface area (Å²) in [6, 6.07) is 5.87. The van der Waals surface area contributed by atoms with Crippen molar-refractivity contribution < 1.29 is 9.21 Å². The van der Waals surface area contributed by atoms with Gasteiger partial charge in [0.05, 0.1) is 16.5 Å². The zero-order chi connectivity index (χ0) is 14.3. The van der Waals surface area contributed by atoms with Gasteiger partial charge in [0, 0.05) is 5.56 Å². The van der Waals surface area contributed by atoms with Gasteiger partial charge in [0.1, 0.15) is 0 Å². The summed E-state index contributed by atoms with van der Waals surface area (Å²) in [5.41, 5.74) is 4.03. The molecule has 0 saturated carbocycles. The lowest BCUT2D eigenvalue weighted by atomic mass is 10.1. The summed E-state index contributed by atoms with van der Waals surface area (Å²) in [5.74, 6) is 0.0690. The number of thiazole rings is 1. The lowest BCUT2D eigenvalue weighted by Crippen LogP contribution is -2.11. The number of anilines is 1. The van der Waals surface area contributed by atoms with Crippen LogP contribution in [0.15, 0.2) is 28.9 Å². The molecule has 3 aromatic rings. The van der Waals surface area contributed by atoms with E-state index in [4.69, 9.17) is 4.42 Å². The summed E-state index contributed by atoms with van der Waals surface area (Å²) in [5, 5.41) is 3.40. The Morgan fingerprint density at radius 2 is 1.90 bits per heavy atom. The summed E-state index contributed by atoms with van der Waals surface area (Å²) in [6.07, 6.45) is 1.51. The topological polar surface area (TPSA) is 55.1 Å². The lowest BCUT2D eigenvalue weighted by molar-refractivity contribution is 0.0996. The molecule has 0 spiro atoms. The van der Waals surface area contributed by atoms with Gasteiger partial charge in [-0.25, -0.2) is 4.98 Å². The largest absolute Gasteiger partial charge is 0.459 e. The van der Waals surface area contributed by atoms with Crippen LogP contribution in [-0.2, 0) is 0 Å². The average Bonchev–Trinajstić information content (AvgIpc) is 3.01. The Morgan fingerprint density at radius 3 is 2.55 bits per heavy atom. The molecule has 0 aliphatic heterocycles. The maximum absolute atomic E-state index is 12.1. The minimum Gasteiger partial charge on any atom is -0.459 e. The Kier molecular flexibility index (Phi) is 3.06. The van der Waals surface area contributed by atoms with Crippen molar-refractivity contribution in [3.63, 3.8) is 0 Å². The second-order valence-corrected chi connectivity index (χ2v) is 5.78. The molecule has 0 saturated heterocycles. The molecule has 0 unspecified atom stereocenters. The fourth-order valence-corrected chi connectivity index (χ4v) is 3.08. The fourth-order valence-electron chi connectivity index (χ4n) is 2.07. The second-order valence-electron chi connectivity index (χ2n) is 4.78. The van der Waals surface area contributed by atoms with Crippen molar-refractivity contribution >= 4 is 32.6 Å². The molecule has 0 atom stereocenters. The van der Waals surface area contributed by atoms with Crippen LogP contribution in [0.1, 0.15) is 27.2 Å². The van der Waals surface area contributed by atoms with E-state index in [1.165, 1.54) is 17.6 Å². The number of aryl methyl sites for hydroxylation is 3. The van der Waals surface area contributed by atoms with Crippen molar-refractivity contribution in [3.05, 3.63) is 46.9 Å². The molecule has 0 bridgehead atoms. The number of fused-ring (bicyclic) bond motifs is 1. The number of nitrogens with zero attached hydrogens (tertiary/aromatic N) is 1. The molecule has 0 aliphatic rings. The van der Waals surface area contributed by atoms with E-state index in [0.29, 0.717) is 10.9 Å². The predicted octanol–water partition coefficient (Wildman–Crippen LogP) is 4.07. The van der Waals surface area contributed by atoms with Crippen molar-refractivity contribution in [2.24, 2.45) is 0 Å². The van der Waals surface area contributed by atoms with Crippen molar-refractivity contribution in [3.8, 4) is 0 Å². The van der Waals surface area contributed by atoms with E-state index in [2.05, 4.69) is 16.4 Å². The van der Waals surface area contributed by atoms with Gasteiger partial charge in [0.2, 0.25) is 0 Å². The molecule has 5 heteroatoms. The van der Waals surface area contributed by atoms with Crippen LogP contribution in [0.2, 0.25) is 0 Å². The highest BCUT2D eigenvalue weighted by Crippen LogP contribution is 2.31. The zero-order valence-electron chi connectivity index (χ0n) is 11.5. The number of aromatic nitrogens is 1. The molecular weight excluding hydrogens is 272 g/mol. The molecule has 3 rings (SSSR count). The molecular formula is C15H14N2O2S. The maximum atomic E-state index is 12.1. The number of carbonyl (C=O) groups excluding carboxylic acids is 1. The summed E-state index contributed by atoms with van der Waals surface area (Å²) >= 11 is 1.48. The van der Waals surface area contributed by atoms with Crippen molar-refractivity contribution in [1.82, 2.24) is 4.98 Å². The Hall–Kier alpha value is -2.14. The van der Waals surface area contributed by atoms with E-state index < -0.39 is 0 Å². The van der Waals surface area contributed by atoms with Crippen molar-refractivity contribution in [1.29, 1.82) is 0 Å². The van der Waals surface area contributed by atoms with Crippen LogP contribution in [0.25, 0.3) is 10.2 Å². The van der Waals surface area contributed by atoms with Gasteiger partial charge in [-0.15, -0.1) is 0 Å². The molecule has 1 amide bonds. The molecule has 1 N–H and O–H groups in total. The first kappa shape index (κ1) is 12.9. The number of furan rings is 1. The average molecular weight is 286 g/mol. The SMILES string of the molecule is Cc1ccoc1C(=O)Nc1nc2c(C)ccc(C)c2s1. The molecule has 2 aromatic heterocycles. The van der Waals surface area contributed by atoms with Crippen LogP contribution in [-0.4, -0.2) is 10.9 Å². The van der Waals surface area contributed by atoms with Gasteiger partial charge in [-0.3, -0.25) is 10.1 Å². The standard InChI is InChI=1S/C15H14N2O2S/c1-8-4-5-10(3)13-11(8)16-15(20-13)17-14(18)12-9(2)6-7-19-12/h4-7H,1-3H3,(H,16,17,18). The van der Waals surface area contributed by atoms with E-state index in [9.17, 15) is 4.79 Å². The normalized spacial score (nSPS) is 10.9. The van der Waals surface area contributed by atoms with Crippen molar-refractivity contribution in [2.75, 3.05) is 5.32 Å². The Balaban J connectivity index is 1.96. The molecule has 4 nitrogen and oxygen atoms in total. The van der Waals surface area contributed by atoms with Gasteiger partial charge in [0.15, 0.2) is 10.9 Å². The highest BCUT2D eigenvalue weighted by molar-refractivity contribution is 7.22. The number of carbonyl (C=O) groups is 1. The number of hydrogen-bond acceptors (Lipinski definition) is 4. The Morgan fingerprint density at radius 1 is 1.15 bits per heavy atom. The lowest BCUT2D eigenvalue weighted by Gasteiger charge is -1.98. The van der Waals surface area contributed by atoms with Gasteiger partial charge in [-0.05, 0) is 38.0 Å². The van der Waals surface area contributed by atoms with Gasteiger partial charge in [-0.2, -0.15) is 0 Å². The Bertz CT molecular complexity index is 762. The third-order valence-corrected chi connectivity index (χ3v) is 4.34. The highest BCUT2D eigenvalue weighted by Gasteiger charge is 2.16. The number of nitrogens with one attached hydrogen (secondary N) is 1. The molecule has 0 fully saturated rings. The molecule has 2 heterocycles. The molecule has 1 aromatic carbocycles. The van der Waals surface area contributed by atoms with Crippen molar-refractivity contribution in [2.45, 2.75) is 20.8 Å². The first-order valence-corrected chi connectivity index (χ1v) is 7.10. The molecule has 102 valence electrons. The second kappa shape index (κ2) is 4.76. The van der Waals surface area contributed by atoms with Crippen LogP contribution in [0, 0.1) is 20.8 Å². The predicted molar refractivity (Wildman–Crippen MR) is 80.5 cm³/mol. The van der Waals surface area contributed by atoms with E-state index in [0.717, 1.165) is 26.9 Å². The Labute approximate surface area is 120 Å². The zero-order valence-corrected chi connectivity index (χ0v) is 12.3. The van der Waals surface area contributed by atoms with Gasteiger partial charge in [0.25, 0.3) is 5.91 Å². The summed E-state index contributed by atoms with van der Waals surface area (Å²) in [6.45, 7) is 5.90. The van der Waals surface area contributed by atoms with E-state index in [-0.39, 0.29) is 5.91 Å². The van der Waals surface area contributed by atoms with Gasteiger partial charge >= 0.3 is 0 Å². The van der Waals surface area contributed by atoms with Crippen LogP contribution >= 0.6 is 11.3 Å². The van der Waals surface area contributed by atoms with Crippen LogP contribution < -0.4 is 5.32 Å². The number of benzene rings is 1. The highest BCUT2D eigenvalue weighted by atomic mass is 32.1. The summed E-state index contributed by atoms with van der Waals surface area (Å²) in [7, 11) is 0. The molecule has 20 heavy (non-hydrogen) atoms. The van der Waals surface area contributed by atoms with E-state index >= 15 is 0 Å². The molecule has 0 radical (unpaired) electrons. The quantitative estimate of drug-likeness (QED) is 0.772. The number of amides is 1. The summed E-state index contributed by atoms with van der Waals surface area (Å²) < 4.78 is 6.29. The van der Waals surface area contributed by atoms with E-state index in [1.54, 1.807) is 6.07 Å². The third-order valence-electron chi connectivity index (χ3n) is 3.23. The number of rotatable bonds is 2. The third kappa shape index (κ3) is 2.10. The van der Waals surface area contributed by atoms with Gasteiger partial charge < -0.3 is 4.42 Å². The minimum atomic E-state index is -0.262. The van der Waals surface area contributed by atoms with Crippen LogP contribution in [0.4, 0.5) is 5.13 Å². The first-order chi connectivity index (χ1) is 9.56. The van der Waals surface area contributed by atoms with Crippen LogP contribution in [0.3, 0.4) is 0 Å². The number of hydrogen-bond donors (Lipinski definition) is 1. The van der Waals surface area contributed by atoms with Crippen LogP contribution in [0.5, 0.6) is 0 Å². The summed E-state index contributed by atoms with van der Waals surface area (Å²) in [4.78, 5) is 16.6. The fraction of sp³-hybridized carbons (Fsp3) is 0.200. The molecule has 0 aliphatic carbocycles.